The summed E-state index contributed by atoms with van der Waals surface area (Å²) in [7, 11) is 0. The fourth-order valence-corrected chi connectivity index (χ4v) is 2.10. The zero-order chi connectivity index (χ0) is 13.8. The minimum absolute atomic E-state index is 0.178. The van der Waals surface area contributed by atoms with Crippen molar-refractivity contribution in [3.05, 3.63) is 58.4 Å². The summed E-state index contributed by atoms with van der Waals surface area (Å²) in [5.41, 5.74) is 3.71. The van der Waals surface area contributed by atoms with Gasteiger partial charge in [-0.1, -0.05) is 36.7 Å². The summed E-state index contributed by atoms with van der Waals surface area (Å²) >= 11 is 6.13. The second kappa shape index (κ2) is 6.18. The lowest BCUT2D eigenvalue weighted by Gasteiger charge is -2.09. The van der Waals surface area contributed by atoms with E-state index in [-0.39, 0.29) is 5.82 Å². The van der Waals surface area contributed by atoms with Crippen molar-refractivity contribution in [2.75, 3.05) is 6.54 Å². The fourth-order valence-electron chi connectivity index (χ4n) is 1.92. The van der Waals surface area contributed by atoms with Crippen LogP contribution < -0.4 is 5.32 Å². The van der Waals surface area contributed by atoms with Gasteiger partial charge in [-0.25, -0.2) is 4.39 Å². The highest BCUT2D eigenvalue weighted by Crippen LogP contribution is 2.26. The Balaban J connectivity index is 2.36. The maximum Gasteiger partial charge on any atom is 0.127 e. The molecule has 3 heteroatoms. The van der Waals surface area contributed by atoms with E-state index in [2.05, 4.69) is 5.32 Å². The third kappa shape index (κ3) is 3.34. The second-order valence-corrected chi connectivity index (χ2v) is 4.96. The van der Waals surface area contributed by atoms with E-state index in [1.165, 1.54) is 6.07 Å². The molecule has 1 N–H and O–H groups in total. The van der Waals surface area contributed by atoms with Crippen molar-refractivity contribution in [3.63, 3.8) is 0 Å². The second-order valence-electron chi connectivity index (χ2n) is 4.55. The Hall–Kier alpha value is -1.38. The van der Waals surface area contributed by atoms with Gasteiger partial charge in [-0.2, -0.15) is 0 Å². The van der Waals surface area contributed by atoms with E-state index in [1.54, 1.807) is 6.07 Å². The summed E-state index contributed by atoms with van der Waals surface area (Å²) in [6, 6.07) is 11.1. The van der Waals surface area contributed by atoms with Crippen molar-refractivity contribution in [3.8, 4) is 11.1 Å². The summed E-state index contributed by atoms with van der Waals surface area (Å²) < 4.78 is 13.7. The molecule has 0 saturated carbocycles. The van der Waals surface area contributed by atoms with Crippen molar-refractivity contribution >= 4 is 11.6 Å². The highest BCUT2D eigenvalue weighted by molar-refractivity contribution is 6.31. The van der Waals surface area contributed by atoms with Gasteiger partial charge < -0.3 is 5.32 Å². The average molecular weight is 278 g/mol. The molecule has 2 rings (SSSR count). The van der Waals surface area contributed by atoms with Crippen LogP contribution in [0.5, 0.6) is 0 Å². The van der Waals surface area contributed by atoms with Crippen LogP contribution in [0.3, 0.4) is 0 Å². The van der Waals surface area contributed by atoms with Crippen LogP contribution in [0.1, 0.15) is 18.1 Å². The van der Waals surface area contributed by atoms with Gasteiger partial charge in [0.25, 0.3) is 0 Å². The largest absolute Gasteiger partial charge is 0.313 e. The van der Waals surface area contributed by atoms with E-state index in [4.69, 9.17) is 11.6 Å². The lowest BCUT2D eigenvalue weighted by molar-refractivity contribution is 0.593. The lowest BCUT2D eigenvalue weighted by atomic mass is 10.0. The number of halogens is 2. The first-order valence-corrected chi connectivity index (χ1v) is 6.75. The number of nitrogens with one attached hydrogen (secondary N) is 1. The number of aryl methyl sites for hydroxylation is 1. The molecule has 0 aromatic heterocycles. The smallest absolute Gasteiger partial charge is 0.127 e. The van der Waals surface area contributed by atoms with E-state index in [9.17, 15) is 4.39 Å². The molecule has 19 heavy (non-hydrogen) atoms. The van der Waals surface area contributed by atoms with Gasteiger partial charge in [0, 0.05) is 17.1 Å². The summed E-state index contributed by atoms with van der Waals surface area (Å²) in [6.07, 6.45) is 0. The zero-order valence-corrected chi connectivity index (χ0v) is 11.9. The van der Waals surface area contributed by atoms with Crippen molar-refractivity contribution in [2.45, 2.75) is 20.4 Å². The summed E-state index contributed by atoms with van der Waals surface area (Å²) in [5.74, 6) is -0.178. The molecular weight excluding hydrogens is 261 g/mol. The minimum atomic E-state index is -0.178. The number of benzene rings is 2. The molecule has 0 aliphatic rings. The number of rotatable bonds is 4. The van der Waals surface area contributed by atoms with E-state index in [0.29, 0.717) is 12.1 Å². The van der Waals surface area contributed by atoms with Gasteiger partial charge in [-0.05, 0) is 48.4 Å². The molecule has 0 heterocycles. The lowest BCUT2D eigenvalue weighted by Crippen LogP contribution is -2.12. The first-order valence-electron chi connectivity index (χ1n) is 6.37. The SMILES string of the molecule is CCNCc1cc(-c2ccc(C)c(Cl)c2)ccc1F. The molecule has 0 atom stereocenters. The first kappa shape index (κ1) is 14.0. The maximum atomic E-state index is 13.7. The van der Waals surface area contributed by atoms with Gasteiger partial charge in [0.1, 0.15) is 5.82 Å². The average Bonchev–Trinajstić information content (AvgIpc) is 2.41. The van der Waals surface area contributed by atoms with Crippen LogP contribution in [0.4, 0.5) is 4.39 Å². The van der Waals surface area contributed by atoms with Crippen LogP contribution in [-0.4, -0.2) is 6.54 Å². The van der Waals surface area contributed by atoms with Crippen LogP contribution >= 0.6 is 11.6 Å². The molecule has 0 saturated heterocycles. The highest BCUT2D eigenvalue weighted by atomic mass is 35.5. The van der Waals surface area contributed by atoms with Gasteiger partial charge >= 0.3 is 0 Å². The summed E-state index contributed by atoms with van der Waals surface area (Å²) in [6.45, 7) is 5.32. The Labute approximate surface area is 118 Å². The van der Waals surface area contributed by atoms with Gasteiger partial charge in [0.05, 0.1) is 0 Å². The Morgan fingerprint density at radius 1 is 1.11 bits per heavy atom. The van der Waals surface area contributed by atoms with Gasteiger partial charge in [0.2, 0.25) is 0 Å². The number of hydrogen-bond acceptors (Lipinski definition) is 1. The van der Waals surface area contributed by atoms with E-state index in [1.807, 2.05) is 38.1 Å². The minimum Gasteiger partial charge on any atom is -0.313 e. The molecular formula is C16H17ClFN. The molecule has 2 aromatic rings. The van der Waals surface area contributed by atoms with E-state index < -0.39 is 0 Å². The third-order valence-electron chi connectivity index (χ3n) is 3.12. The van der Waals surface area contributed by atoms with Crippen LogP contribution in [-0.2, 0) is 6.54 Å². The van der Waals surface area contributed by atoms with Gasteiger partial charge in [0.15, 0.2) is 0 Å². The molecule has 0 aliphatic heterocycles. The third-order valence-corrected chi connectivity index (χ3v) is 3.52. The molecule has 100 valence electrons. The van der Waals surface area contributed by atoms with Crippen molar-refractivity contribution < 1.29 is 4.39 Å². The summed E-state index contributed by atoms with van der Waals surface area (Å²) in [5, 5.41) is 3.87. The zero-order valence-electron chi connectivity index (χ0n) is 11.1. The molecule has 0 radical (unpaired) electrons. The van der Waals surface area contributed by atoms with Gasteiger partial charge in [-0.3, -0.25) is 0 Å². The van der Waals surface area contributed by atoms with Crippen LogP contribution in [0, 0.1) is 12.7 Å². The van der Waals surface area contributed by atoms with Crippen molar-refractivity contribution in [2.24, 2.45) is 0 Å². The molecule has 0 spiro atoms. The molecule has 0 unspecified atom stereocenters. The predicted molar refractivity (Wildman–Crippen MR) is 79.0 cm³/mol. The quantitative estimate of drug-likeness (QED) is 0.864. The molecule has 0 fully saturated rings. The monoisotopic (exact) mass is 277 g/mol. The van der Waals surface area contributed by atoms with Crippen LogP contribution in [0.25, 0.3) is 11.1 Å². The molecule has 0 aliphatic carbocycles. The highest BCUT2D eigenvalue weighted by Gasteiger charge is 2.06. The van der Waals surface area contributed by atoms with Gasteiger partial charge in [-0.15, -0.1) is 0 Å². The van der Waals surface area contributed by atoms with Crippen LogP contribution in [0.15, 0.2) is 36.4 Å². The predicted octanol–water partition coefficient (Wildman–Crippen LogP) is 4.56. The standard InChI is InChI=1S/C16H17ClFN/c1-3-19-10-14-8-12(6-7-16(14)18)13-5-4-11(2)15(17)9-13/h4-9,19H,3,10H2,1-2H3. The number of hydrogen-bond donors (Lipinski definition) is 1. The molecule has 0 bridgehead atoms. The van der Waals surface area contributed by atoms with E-state index >= 15 is 0 Å². The Morgan fingerprint density at radius 2 is 1.79 bits per heavy atom. The van der Waals surface area contributed by atoms with Crippen molar-refractivity contribution in [1.29, 1.82) is 0 Å². The van der Waals surface area contributed by atoms with Crippen molar-refractivity contribution in [1.82, 2.24) is 5.32 Å². The fraction of sp³-hybridized carbons (Fsp3) is 0.250. The normalized spacial score (nSPS) is 10.7. The molecule has 1 nitrogen and oxygen atoms in total. The Morgan fingerprint density at radius 3 is 2.47 bits per heavy atom. The first-order chi connectivity index (χ1) is 9.11. The topological polar surface area (TPSA) is 12.0 Å². The summed E-state index contributed by atoms with van der Waals surface area (Å²) in [4.78, 5) is 0. The van der Waals surface area contributed by atoms with Crippen LogP contribution in [0.2, 0.25) is 5.02 Å². The molecule has 2 aromatic carbocycles. The maximum absolute atomic E-state index is 13.7. The Kier molecular flexibility index (Phi) is 4.56. The van der Waals surface area contributed by atoms with E-state index in [0.717, 1.165) is 28.3 Å². The molecule has 0 amide bonds. The Bertz CT molecular complexity index is 581.